The van der Waals surface area contributed by atoms with Crippen molar-refractivity contribution >= 4 is 11.4 Å². The summed E-state index contributed by atoms with van der Waals surface area (Å²) < 4.78 is 0. The highest BCUT2D eigenvalue weighted by Crippen LogP contribution is 2.14. The molecule has 1 aromatic carbocycles. The number of rotatable bonds is 4. The molecule has 0 bridgehead atoms. The summed E-state index contributed by atoms with van der Waals surface area (Å²) in [6.45, 7) is 2.59. The van der Waals surface area contributed by atoms with E-state index in [4.69, 9.17) is 5.21 Å². The molecule has 0 aromatic heterocycles. The van der Waals surface area contributed by atoms with E-state index in [9.17, 15) is 10.1 Å². The number of nitrogens with zero attached hydrogens (tertiary/aromatic N) is 3. The largest absolute Gasteiger partial charge is 0.411 e. The van der Waals surface area contributed by atoms with Crippen LogP contribution in [0.2, 0.25) is 0 Å². The van der Waals surface area contributed by atoms with Crippen molar-refractivity contribution in [2.75, 3.05) is 19.6 Å². The van der Waals surface area contributed by atoms with E-state index in [0.29, 0.717) is 12.3 Å². The zero-order chi connectivity index (χ0) is 13.7. The van der Waals surface area contributed by atoms with Gasteiger partial charge in [0.1, 0.15) is 5.71 Å². The molecule has 1 aromatic rings. The first-order valence-electron chi connectivity index (χ1n) is 6.39. The first kappa shape index (κ1) is 13.5. The maximum absolute atomic E-state index is 10.6. The van der Waals surface area contributed by atoms with Crippen LogP contribution in [0.5, 0.6) is 0 Å². The van der Waals surface area contributed by atoms with Gasteiger partial charge in [-0.15, -0.1) is 0 Å². The predicted molar refractivity (Wildman–Crippen MR) is 71.7 cm³/mol. The van der Waals surface area contributed by atoms with Crippen LogP contribution in [0, 0.1) is 10.1 Å². The van der Waals surface area contributed by atoms with Gasteiger partial charge in [-0.2, -0.15) is 0 Å². The summed E-state index contributed by atoms with van der Waals surface area (Å²) in [5, 5.41) is 23.0. The summed E-state index contributed by atoms with van der Waals surface area (Å²) in [6, 6.07) is 6.10. The van der Waals surface area contributed by atoms with Crippen LogP contribution in [-0.2, 0) is 0 Å². The maximum Gasteiger partial charge on any atom is 0.269 e. The van der Waals surface area contributed by atoms with Gasteiger partial charge < -0.3 is 5.21 Å². The van der Waals surface area contributed by atoms with Crippen molar-refractivity contribution in [1.82, 2.24) is 4.90 Å². The average Bonchev–Trinajstić information content (AvgIpc) is 2.46. The molecule has 1 heterocycles. The van der Waals surface area contributed by atoms with E-state index in [0.717, 1.165) is 18.7 Å². The molecule has 1 aliphatic heterocycles. The second-order valence-corrected chi connectivity index (χ2v) is 4.69. The third-order valence-corrected chi connectivity index (χ3v) is 3.35. The molecule has 1 saturated heterocycles. The predicted octanol–water partition coefficient (Wildman–Crippen LogP) is 2.26. The number of likely N-dealkylation sites (tertiary alicyclic amines) is 1. The molecule has 0 atom stereocenters. The molecule has 1 N–H and O–H groups in total. The minimum atomic E-state index is -0.440. The quantitative estimate of drug-likeness (QED) is 0.391. The van der Waals surface area contributed by atoms with Crippen LogP contribution < -0.4 is 0 Å². The summed E-state index contributed by atoms with van der Waals surface area (Å²) in [4.78, 5) is 12.4. The number of oxime groups is 1. The molecule has 19 heavy (non-hydrogen) atoms. The number of hydrogen-bond acceptors (Lipinski definition) is 5. The van der Waals surface area contributed by atoms with Crippen LogP contribution in [0.1, 0.15) is 24.8 Å². The van der Waals surface area contributed by atoms with Crippen LogP contribution in [0.25, 0.3) is 0 Å². The van der Waals surface area contributed by atoms with Crippen molar-refractivity contribution < 1.29 is 10.1 Å². The topological polar surface area (TPSA) is 79.0 Å². The standard InChI is InChI=1S/C13H17N3O3/c17-14-13(10-15-8-2-1-3-9-15)11-4-6-12(7-5-11)16(18)19/h4-7,17H,1-3,8-10H2. The Labute approximate surface area is 111 Å². The Balaban J connectivity index is 2.06. The van der Waals surface area contributed by atoms with Crippen molar-refractivity contribution in [3.05, 3.63) is 39.9 Å². The van der Waals surface area contributed by atoms with Gasteiger partial charge in [-0.3, -0.25) is 15.0 Å². The molecule has 0 spiro atoms. The lowest BCUT2D eigenvalue weighted by molar-refractivity contribution is -0.384. The summed E-state index contributed by atoms with van der Waals surface area (Å²) in [6.07, 6.45) is 3.58. The molecule has 2 rings (SSSR count). The molecule has 1 aliphatic rings. The Morgan fingerprint density at radius 1 is 1.26 bits per heavy atom. The minimum Gasteiger partial charge on any atom is -0.411 e. The van der Waals surface area contributed by atoms with Gasteiger partial charge in [0, 0.05) is 24.2 Å². The molecule has 0 amide bonds. The number of non-ortho nitro benzene ring substituents is 1. The van der Waals surface area contributed by atoms with Crippen LogP contribution in [0.15, 0.2) is 29.4 Å². The van der Waals surface area contributed by atoms with E-state index in [1.807, 2.05) is 0 Å². The van der Waals surface area contributed by atoms with Gasteiger partial charge in [0.05, 0.1) is 4.92 Å². The van der Waals surface area contributed by atoms with Gasteiger partial charge in [-0.1, -0.05) is 11.6 Å². The Hall–Kier alpha value is -1.95. The normalized spacial score (nSPS) is 17.4. The molecule has 0 aliphatic carbocycles. The zero-order valence-corrected chi connectivity index (χ0v) is 10.7. The van der Waals surface area contributed by atoms with E-state index >= 15 is 0 Å². The van der Waals surface area contributed by atoms with Crippen molar-refractivity contribution in [3.8, 4) is 0 Å². The van der Waals surface area contributed by atoms with Crippen molar-refractivity contribution in [2.24, 2.45) is 5.16 Å². The van der Waals surface area contributed by atoms with Crippen LogP contribution in [0.3, 0.4) is 0 Å². The van der Waals surface area contributed by atoms with Gasteiger partial charge in [0.25, 0.3) is 5.69 Å². The highest BCUT2D eigenvalue weighted by Gasteiger charge is 2.15. The third-order valence-electron chi connectivity index (χ3n) is 3.35. The highest BCUT2D eigenvalue weighted by molar-refractivity contribution is 6.01. The van der Waals surface area contributed by atoms with E-state index in [-0.39, 0.29) is 5.69 Å². The lowest BCUT2D eigenvalue weighted by Gasteiger charge is -2.26. The number of nitro benzene ring substituents is 1. The van der Waals surface area contributed by atoms with Gasteiger partial charge >= 0.3 is 0 Å². The lowest BCUT2D eigenvalue weighted by Crippen LogP contribution is -2.34. The SMILES string of the molecule is O=[N+]([O-])c1ccc(C(CN2CCCCC2)=NO)cc1. The molecule has 6 nitrogen and oxygen atoms in total. The first-order chi connectivity index (χ1) is 9.20. The Kier molecular flexibility index (Phi) is 4.46. The fourth-order valence-electron chi connectivity index (χ4n) is 2.29. The van der Waals surface area contributed by atoms with E-state index in [2.05, 4.69) is 10.1 Å². The van der Waals surface area contributed by atoms with Crippen LogP contribution >= 0.6 is 0 Å². The van der Waals surface area contributed by atoms with E-state index in [1.54, 1.807) is 12.1 Å². The fraction of sp³-hybridized carbons (Fsp3) is 0.462. The molecule has 0 unspecified atom stereocenters. The molecular weight excluding hydrogens is 246 g/mol. The van der Waals surface area contributed by atoms with E-state index < -0.39 is 4.92 Å². The molecule has 1 fully saturated rings. The van der Waals surface area contributed by atoms with Gasteiger partial charge in [0.15, 0.2) is 0 Å². The van der Waals surface area contributed by atoms with Crippen LogP contribution in [0.4, 0.5) is 5.69 Å². The average molecular weight is 263 g/mol. The second kappa shape index (κ2) is 6.29. The zero-order valence-electron chi connectivity index (χ0n) is 10.7. The summed E-state index contributed by atoms with van der Waals surface area (Å²) >= 11 is 0. The fourth-order valence-corrected chi connectivity index (χ4v) is 2.29. The summed E-state index contributed by atoms with van der Waals surface area (Å²) in [5.74, 6) is 0. The number of piperidine rings is 1. The van der Waals surface area contributed by atoms with Crippen molar-refractivity contribution in [2.45, 2.75) is 19.3 Å². The third kappa shape index (κ3) is 3.51. The number of nitro groups is 1. The van der Waals surface area contributed by atoms with Crippen molar-refractivity contribution in [3.63, 3.8) is 0 Å². The monoisotopic (exact) mass is 263 g/mol. The summed E-state index contributed by atoms with van der Waals surface area (Å²) in [7, 11) is 0. The lowest BCUT2D eigenvalue weighted by atomic mass is 10.1. The smallest absolute Gasteiger partial charge is 0.269 e. The molecular formula is C13H17N3O3. The molecule has 0 radical (unpaired) electrons. The van der Waals surface area contributed by atoms with Gasteiger partial charge in [-0.05, 0) is 38.1 Å². The molecule has 102 valence electrons. The molecule has 6 heteroatoms. The minimum absolute atomic E-state index is 0.0408. The Morgan fingerprint density at radius 2 is 1.89 bits per heavy atom. The highest BCUT2D eigenvalue weighted by atomic mass is 16.6. The summed E-state index contributed by atoms with van der Waals surface area (Å²) in [5.41, 5.74) is 1.31. The van der Waals surface area contributed by atoms with Crippen LogP contribution in [-0.4, -0.2) is 40.4 Å². The van der Waals surface area contributed by atoms with Gasteiger partial charge in [0.2, 0.25) is 0 Å². The Bertz CT molecular complexity index is 465. The number of benzene rings is 1. The van der Waals surface area contributed by atoms with Crippen molar-refractivity contribution in [1.29, 1.82) is 0 Å². The first-order valence-corrected chi connectivity index (χ1v) is 6.39. The Morgan fingerprint density at radius 3 is 2.42 bits per heavy atom. The number of hydrogen-bond donors (Lipinski definition) is 1. The molecule has 0 saturated carbocycles. The van der Waals surface area contributed by atoms with Gasteiger partial charge in [-0.25, -0.2) is 0 Å². The maximum atomic E-state index is 10.6. The van der Waals surface area contributed by atoms with E-state index in [1.165, 1.54) is 31.4 Å². The second-order valence-electron chi connectivity index (χ2n) is 4.69.